The second kappa shape index (κ2) is 10.2. The van der Waals surface area contributed by atoms with E-state index < -0.39 is 17.4 Å². The Morgan fingerprint density at radius 3 is 2.39 bits per heavy atom. The highest BCUT2D eigenvalue weighted by atomic mass is 19.1. The number of carbonyl (C=O) groups excluding carboxylic acids is 1. The van der Waals surface area contributed by atoms with E-state index in [0.717, 1.165) is 5.52 Å². The number of hydrogen-bond donors (Lipinski definition) is 2. The van der Waals surface area contributed by atoms with Crippen molar-refractivity contribution in [1.82, 2.24) is 9.88 Å². The Morgan fingerprint density at radius 2 is 1.71 bits per heavy atom. The zero-order chi connectivity index (χ0) is 27.8. The van der Waals surface area contributed by atoms with E-state index in [1.165, 1.54) is 38.1 Å². The SMILES string of the molecule is Cc1cc(Oc2cc(F)cc(CNC(=O)c3c(C)c4cc(F)ccc4n3C)c2)ccc1OC(C)(C)C(=O)O. The Labute approximate surface area is 218 Å². The molecule has 1 amide bonds. The summed E-state index contributed by atoms with van der Waals surface area (Å²) in [6.07, 6.45) is 0. The third kappa shape index (κ3) is 5.46. The number of carboxylic acids is 1. The van der Waals surface area contributed by atoms with Gasteiger partial charge in [-0.2, -0.15) is 0 Å². The van der Waals surface area contributed by atoms with Gasteiger partial charge in [-0.25, -0.2) is 13.6 Å². The van der Waals surface area contributed by atoms with E-state index >= 15 is 0 Å². The molecule has 7 nitrogen and oxygen atoms in total. The van der Waals surface area contributed by atoms with Crippen LogP contribution in [0.1, 0.15) is 41.0 Å². The number of rotatable bonds is 8. The number of halogens is 2. The van der Waals surface area contributed by atoms with E-state index in [4.69, 9.17) is 9.47 Å². The first-order valence-corrected chi connectivity index (χ1v) is 11.9. The van der Waals surface area contributed by atoms with Gasteiger partial charge in [0.15, 0.2) is 5.60 Å². The molecule has 0 bridgehead atoms. The summed E-state index contributed by atoms with van der Waals surface area (Å²) in [5.74, 6) is -1.37. The second-order valence-corrected chi connectivity index (χ2v) is 9.62. The van der Waals surface area contributed by atoms with Crippen LogP contribution in [-0.4, -0.2) is 27.2 Å². The van der Waals surface area contributed by atoms with Crippen molar-refractivity contribution in [3.8, 4) is 17.2 Å². The number of carboxylic acid groups (broad SMARTS) is 1. The molecule has 0 atom stereocenters. The number of fused-ring (bicyclic) bond motifs is 1. The highest BCUT2D eigenvalue weighted by Crippen LogP contribution is 2.31. The molecule has 0 aliphatic heterocycles. The van der Waals surface area contributed by atoms with E-state index in [1.807, 2.05) is 0 Å². The number of aromatic nitrogens is 1. The number of aryl methyl sites for hydroxylation is 3. The van der Waals surface area contributed by atoms with Gasteiger partial charge in [0.25, 0.3) is 5.91 Å². The van der Waals surface area contributed by atoms with Crippen LogP contribution in [0.2, 0.25) is 0 Å². The van der Waals surface area contributed by atoms with Crippen LogP contribution < -0.4 is 14.8 Å². The van der Waals surface area contributed by atoms with Crippen molar-refractivity contribution in [3.05, 3.63) is 88.6 Å². The Balaban J connectivity index is 1.49. The fourth-order valence-electron chi connectivity index (χ4n) is 4.23. The molecule has 2 N–H and O–H groups in total. The molecule has 0 radical (unpaired) electrons. The van der Waals surface area contributed by atoms with Crippen LogP contribution >= 0.6 is 0 Å². The zero-order valence-corrected chi connectivity index (χ0v) is 21.7. The topological polar surface area (TPSA) is 89.8 Å². The first-order chi connectivity index (χ1) is 17.9. The molecule has 0 spiro atoms. The number of aliphatic carboxylic acids is 1. The summed E-state index contributed by atoms with van der Waals surface area (Å²) in [6, 6.07) is 13.3. The fourth-order valence-corrected chi connectivity index (χ4v) is 4.23. The molecule has 4 aromatic rings. The number of hydrogen-bond acceptors (Lipinski definition) is 4. The molecule has 3 aromatic carbocycles. The summed E-state index contributed by atoms with van der Waals surface area (Å²) < 4.78 is 41.2. The van der Waals surface area contributed by atoms with Gasteiger partial charge in [-0.1, -0.05) is 0 Å². The van der Waals surface area contributed by atoms with Gasteiger partial charge in [0.2, 0.25) is 0 Å². The van der Waals surface area contributed by atoms with Crippen molar-refractivity contribution < 1.29 is 33.0 Å². The Hall–Kier alpha value is -4.40. The molecule has 38 heavy (non-hydrogen) atoms. The number of nitrogens with zero attached hydrogens (tertiary/aromatic N) is 1. The van der Waals surface area contributed by atoms with E-state index in [-0.39, 0.29) is 24.0 Å². The minimum absolute atomic E-state index is 0.0400. The number of carbonyl (C=O) groups is 2. The van der Waals surface area contributed by atoms with Gasteiger partial charge in [0.05, 0.1) is 0 Å². The zero-order valence-electron chi connectivity index (χ0n) is 21.7. The molecule has 0 aliphatic carbocycles. The molecule has 0 saturated carbocycles. The Bertz CT molecular complexity index is 1560. The maximum absolute atomic E-state index is 14.4. The smallest absolute Gasteiger partial charge is 0.347 e. The molecule has 0 saturated heterocycles. The maximum Gasteiger partial charge on any atom is 0.347 e. The highest BCUT2D eigenvalue weighted by Gasteiger charge is 2.30. The van der Waals surface area contributed by atoms with Gasteiger partial charge in [-0.05, 0) is 92.9 Å². The number of nitrogens with one attached hydrogen (secondary N) is 1. The quantitative estimate of drug-likeness (QED) is 0.295. The van der Waals surface area contributed by atoms with Gasteiger partial charge >= 0.3 is 5.97 Å². The average molecular weight is 523 g/mol. The van der Waals surface area contributed by atoms with Crippen LogP contribution in [0.3, 0.4) is 0 Å². The van der Waals surface area contributed by atoms with Crippen molar-refractivity contribution >= 4 is 22.8 Å². The predicted molar refractivity (Wildman–Crippen MR) is 139 cm³/mol. The molecular weight excluding hydrogens is 494 g/mol. The number of amides is 1. The first kappa shape index (κ1) is 26.7. The third-order valence-corrected chi connectivity index (χ3v) is 6.28. The minimum atomic E-state index is -1.41. The summed E-state index contributed by atoms with van der Waals surface area (Å²) >= 11 is 0. The van der Waals surface area contributed by atoms with Crippen LogP contribution in [0.4, 0.5) is 8.78 Å². The lowest BCUT2D eigenvalue weighted by Gasteiger charge is -2.23. The summed E-state index contributed by atoms with van der Waals surface area (Å²) in [7, 11) is 1.73. The average Bonchev–Trinajstić information content (AvgIpc) is 3.08. The molecule has 1 aromatic heterocycles. The lowest BCUT2D eigenvalue weighted by atomic mass is 10.1. The van der Waals surface area contributed by atoms with Gasteiger partial charge in [0, 0.05) is 30.6 Å². The van der Waals surface area contributed by atoms with Crippen molar-refractivity contribution in [2.45, 2.75) is 39.8 Å². The lowest BCUT2D eigenvalue weighted by Crippen LogP contribution is -2.38. The molecule has 1 heterocycles. The van der Waals surface area contributed by atoms with Gasteiger partial charge in [0.1, 0.15) is 34.6 Å². The summed E-state index contributed by atoms with van der Waals surface area (Å²) in [4.78, 5) is 24.3. The first-order valence-electron chi connectivity index (χ1n) is 11.9. The molecule has 0 fully saturated rings. The fraction of sp³-hybridized carbons (Fsp3) is 0.241. The highest BCUT2D eigenvalue weighted by molar-refractivity contribution is 6.01. The van der Waals surface area contributed by atoms with Crippen LogP contribution in [0, 0.1) is 25.5 Å². The third-order valence-electron chi connectivity index (χ3n) is 6.28. The standard InChI is InChI=1S/C29H28F2N2O5/c1-16-10-21(7-9-25(16)38-29(3,4)28(35)36)37-22-12-18(11-20(31)13-22)15-32-27(34)26-17(2)23-14-19(30)6-8-24(23)33(26)5/h6-14H,15H2,1-5H3,(H,32,34)(H,35,36). The van der Waals surface area contributed by atoms with Gasteiger partial charge < -0.3 is 24.5 Å². The molecule has 0 unspecified atom stereocenters. The molecule has 4 rings (SSSR count). The monoisotopic (exact) mass is 522 g/mol. The van der Waals surface area contributed by atoms with Crippen molar-refractivity contribution in [1.29, 1.82) is 0 Å². The van der Waals surface area contributed by atoms with Crippen LogP contribution in [0.15, 0.2) is 54.6 Å². The van der Waals surface area contributed by atoms with E-state index in [1.54, 1.807) is 55.8 Å². The van der Waals surface area contributed by atoms with Gasteiger partial charge in [-0.3, -0.25) is 4.79 Å². The van der Waals surface area contributed by atoms with Crippen LogP contribution in [0.25, 0.3) is 10.9 Å². The Morgan fingerprint density at radius 1 is 0.974 bits per heavy atom. The molecule has 0 aliphatic rings. The lowest BCUT2D eigenvalue weighted by molar-refractivity contribution is -0.152. The van der Waals surface area contributed by atoms with E-state index in [2.05, 4.69) is 5.32 Å². The predicted octanol–water partition coefficient (Wildman–Crippen LogP) is 6.04. The van der Waals surface area contributed by atoms with Crippen LogP contribution in [-0.2, 0) is 18.4 Å². The summed E-state index contributed by atoms with van der Waals surface area (Å²) in [5.41, 5.74) is 1.49. The normalized spacial score (nSPS) is 11.4. The van der Waals surface area contributed by atoms with Crippen molar-refractivity contribution in [3.63, 3.8) is 0 Å². The molecule has 198 valence electrons. The number of benzene rings is 3. The largest absolute Gasteiger partial charge is 0.478 e. The minimum Gasteiger partial charge on any atom is -0.478 e. The Kier molecular flexibility index (Phi) is 7.13. The van der Waals surface area contributed by atoms with E-state index in [9.17, 15) is 23.5 Å². The van der Waals surface area contributed by atoms with E-state index in [0.29, 0.717) is 39.3 Å². The molecular formula is C29H28F2N2O5. The maximum atomic E-state index is 14.4. The second-order valence-electron chi connectivity index (χ2n) is 9.62. The van der Waals surface area contributed by atoms with Crippen molar-refractivity contribution in [2.75, 3.05) is 0 Å². The molecule has 9 heteroatoms. The number of ether oxygens (including phenoxy) is 2. The van der Waals surface area contributed by atoms with Crippen LogP contribution in [0.5, 0.6) is 17.2 Å². The summed E-state index contributed by atoms with van der Waals surface area (Å²) in [6.45, 7) is 6.45. The van der Waals surface area contributed by atoms with Crippen molar-refractivity contribution in [2.24, 2.45) is 7.05 Å². The van der Waals surface area contributed by atoms with Gasteiger partial charge in [-0.15, -0.1) is 0 Å². The summed E-state index contributed by atoms with van der Waals surface area (Å²) in [5, 5.41) is 12.7.